The van der Waals surface area contributed by atoms with E-state index in [1.54, 1.807) is 19.1 Å². The SMILES string of the molecule is CC(OCc1ccccc1)C(=O)NC(CC(=O)O)c1ccccc1. The van der Waals surface area contributed by atoms with Gasteiger partial charge in [0.25, 0.3) is 0 Å². The monoisotopic (exact) mass is 327 g/mol. The lowest BCUT2D eigenvalue weighted by Crippen LogP contribution is -2.37. The number of carbonyl (C=O) groups excluding carboxylic acids is 1. The fourth-order valence-corrected chi connectivity index (χ4v) is 2.27. The van der Waals surface area contributed by atoms with Crippen LogP contribution in [-0.4, -0.2) is 23.1 Å². The number of benzene rings is 2. The molecule has 126 valence electrons. The number of rotatable bonds is 8. The van der Waals surface area contributed by atoms with Crippen molar-refractivity contribution >= 4 is 11.9 Å². The molecule has 1 amide bonds. The van der Waals surface area contributed by atoms with Gasteiger partial charge in [-0.1, -0.05) is 60.7 Å². The normalized spacial score (nSPS) is 13.0. The van der Waals surface area contributed by atoms with Crippen LogP contribution in [0.25, 0.3) is 0 Å². The molecule has 0 aliphatic carbocycles. The van der Waals surface area contributed by atoms with Gasteiger partial charge in [0.05, 0.1) is 19.1 Å². The molecule has 2 atom stereocenters. The molecule has 0 aromatic heterocycles. The molecule has 2 unspecified atom stereocenters. The predicted octanol–water partition coefficient (Wildman–Crippen LogP) is 2.92. The van der Waals surface area contributed by atoms with Crippen LogP contribution in [0, 0.1) is 0 Å². The van der Waals surface area contributed by atoms with Gasteiger partial charge in [0.1, 0.15) is 6.10 Å². The van der Waals surface area contributed by atoms with E-state index in [1.165, 1.54) is 0 Å². The highest BCUT2D eigenvalue weighted by Gasteiger charge is 2.21. The molecule has 0 radical (unpaired) electrons. The topological polar surface area (TPSA) is 75.6 Å². The molecule has 5 nitrogen and oxygen atoms in total. The fourth-order valence-electron chi connectivity index (χ4n) is 2.27. The van der Waals surface area contributed by atoms with Gasteiger partial charge in [-0.2, -0.15) is 0 Å². The van der Waals surface area contributed by atoms with E-state index in [0.717, 1.165) is 11.1 Å². The molecule has 2 aromatic rings. The molecule has 0 fully saturated rings. The van der Waals surface area contributed by atoms with Crippen molar-refractivity contribution in [1.29, 1.82) is 0 Å². The first kappa shape index (κ1) is 17.7. The lowest BCUT2D eigenvalue weighted by Gasteiger charge is -2.20. The predicted molar refractivity (Wildman–Crippen MR) is 90.3 cm³/mol. The third-order valence-corrected chi connectivity index (χ3v) is 3.61. The molecule has 0 heterocycles. The summed E-state index contributed by atoms with van der Waals surface area (Å²) in [6, 6.07) is 18.0. The Morgan fingerprint density at radius 3 is 2.21 bits per heavy atom. The first-order valence-corrected chi connectivity index (χ1v) is 7.79. The highest BCUT2D eigenvalue weighted by Crippen LogP contribution is 2.17. The standard InChI is InChI=1S/C19H21NO4/c1-14(24-13-15-8-4-2-5-9-15)19(23)20-17(12-18(21)22)16-10-6-3-7-11-16/h2-11,14,17H,12-13H2,1H3,(H,20,23)(H,21,22). The molecule has 0 spiro atoms. The lowest BCUT2D eigenvalue weighted by atomic mass is 10.0. The number of hydrogen-bond donors (Lipinski definition) is 2. The largest absolute Gasteiger partial charge is 0.481 e. The average Bonchev–Trinajstić information content (AvgIpc) is 2.60. The molecule has 0 saturated heterocycles. The molecule has 5 heteroatoms. The Balaban J connectivity index is 1.95. The zero-order valence-electron chi connectivity index (χ0n) is 13.5. The van der Waals surface area contributed by atoms with Crippen molar-refractivity contribution in [2.45, 2.75) is 32.1 Å². The van der Waals surface area contributed by atoms with E-state index in [9.17, 15) is 9.59 Å². The van der Waals surface area contributed by atoms with Crippen LogP contribution >= 0.6 is 0 Å². The fraction of sp³-hybridized carbons (Fsp3) is 0.263. The number of aliphatic carboxylic acids is 1. The smallest absolute Gasteiger partial charge is 0.305 e. The zero-order valence-corrected chi connectivity index (χ0v) is 13.5. The van der Waals surface area contributed by atoms with Crippen LogP contribution in [0.5, 0.6) is 0 Å². The van der Waals surface area contributed by atoms with E-state index in [0.29, 0.717) is 6.61 Å². The van der Waals surface area contributed by atoms with Crippen LogP contribution in [0.15, 0.2) is 60.7 Å². The third-order valence-electron chi connectivity index (χ3n) is 3.61. The van der Waals surface area contributed by atoms with Gasteiger partial charge in [-0.25, -0.2) is 0 Å². The minimum atomic E-state index is -0.970. The van der Waals surface area contributed by atoms with E-state index in [4.69, 9.17) is 9.84 Å². The van der Waals surface area contributed by atoms with Gasteiger partial charge < -0.3 is 15.2 Å². The number of ether oxygens (including phenoxy) is 1. The van der Waals surface area contributed by atoms with Crippen LogP contribution in [-0.2, 0) is 20.9 Å². The molecule has 24 heavy (non-hydrogen) atoms. The molecular formula is C19H21NO4. The lowest BCUT2D eigenvalue weighted by molar-refractivity contribution is -0.138. The summed E-state index contributed by atoms with van der Waals surface area (Å²) in [6.07, 6.45) is -0.855. The van der Waals surface area contributed by atoms with Crippen LogP contribution in [0.2, 0.25) is 0 Å². The Labute approximate surface area is 141 Å². The van der Waals surface area contributed by atoms with E-state index in [1.807, 2.05) is 48.5 Å². The molecule has 0 aliphatic heterocycles. The summed E-state index contributed by atoms with van der Waals surface area (Å²) in [5.74, 6) is -1.30. The van der Waals surface area contributed by atoms with Gasteiger partial charge in [-0.3, -0.25) is 9.59 Å². The number of carboxylic acid groups (broad SMARTS) is 1. The number of carbonyl (C=O) groups is 2. The van der Waals surface area contributed by atoms with Gasteiger partial charge in [-0.05, 0) is 18.1 Å². The van der Waals surface area contributed by atoms with Crippen LogP contribution < -0.4 is 5.32 Å². The van der Waals surface area contributed by atoms with E-state index >= 15 is 0 Å². The van der Waals surface area contributed by atoms with Gasteiger partial charge in [0.15, 0.2) is 0 Å². The van der Waals surface area contributed by atoms with Gasteiger partial charge in [0, 0.05) is 0 Å². The second kappa shape index (κ2) is 8.84. The van der Waals surface area contributed by atoms with Crippen LogP contribution in [0.3, 0.4) is 0 Å². The Kier molecular flexibility index (Phi) is 6.51. The number of hydrogen-bond acceptors (Lipinski definition) is 3. The summed E-state index contributed by atoms with van der Waals surface area (Å²) in [4.78, 5) is 23.4. The molecule has 0 bridgehead atoms. The second-order valence-electron chi connectivity index (χ2n) is 5.51. The minimum Gasteiger partial charge on any atom is -0.481 e. The summed E-state index contributed by atoms with van der Waals surface area (Å²) < 4.78 is 5.57. The Hall–Kier alpha value is -2.66. The van der Waals surface area contributed by atoms with Gasteiger partial charge >= 0.3 is 5.97 Å². The van der Waals surface area contributed by atoms with Crippen molar-refractivity contribution in [2.75, 3.05) is 0 Å². The Morgan fingerprint density at radius 1 is 1.04 bits per heavy atom. The van der Waals surface area contributed by atoms with Crippen molar-refractivity contribution in [1.82, 2.24) is 5.32 Å². The summed E-state index contributed by atoms with van der Waals surface area (Å²) >= 11 is 0. The number of amides is 1. The van der Waals surface area contributed by atoms with E-state index in [-0.39, 0.29) is 12.3 Å². The van der Waals surface area contributed by atoms with E-state index in [2.05, 4.69) is 5.32 Å². The number of nitrogens with one attached hydrogen (secondary N) is 1. The Morgan fingerprint density at radius 2 is 1.62 bits per heavy atom. The first-order valence-electron chi connectivity index (χ1n) is 7.79. The maximum Gasteiger partial charge on any atom is 0.305 e. The summed E-state index contributed by atoms with van der Waals surface area (Å²) in [5, 5.41) is 11.8. The van der Waals surface area contributed by atoms with Crippen LogP contribution in [0.4, 0.5) is 0 Å². The van der Waals surface area contributed by atoms with Gasteiger partial charge in [0.2, 0.25) is 5.91 Å². The molecule has 0 aliphatic rings. The maximum atomic E-state index is 12.3. The van der Waals surface area contributed by atoms with Crippen molar-refractivity contribution in [3.05, 3.63) is 71.8 Å². The van der Waals surface area contributed by atoms with Crippen LogP contribution in [0.1, 0.15) is 30.5 Å². The minimum absolute atomic E-state index is 0.179. The summed E-state index contributed by atoms with van der Waals surface area (Å²) in [7, 11) is 0. The molecule has 0 saturated carbocycles. The highest BCUT2D eigenvalue weighted by atomic mass is 16.5. The van der Waals surface area contributed by atoms with E-state index < -0.39 is 18.1 Å². The molecule has 2 rings (SSSR count). The molecule has 2 aromatic carbocycles. The highest BCUT2D eigenvalue weighted by molar-refractivity contribution is 5.81. The number of carboxylic acids is 1. The van der Waals surface area contributed by atoms with Crippen molar-refractivity contribution < 1.29 is 19.4 Å². The quantitative estimate of drug-likeness (QED) is 0.781. The second-order valence-corrected chi connectivity index (χ2v) is 5.51. The van der Waals surface area contributed by atoms with Gasteiger partial charge in [-0.15, -0.1) is 0 Å². The maximum absolute atomic E-state index is 12.3. The summed E-state index contributed by atoms with van der Waals surface area (Å²) in [6.45, 7) is 1.98. The van der Waals surface area contributed by atoms with Crippen molar-refractivity contribution in [3.8, 4) is 0 Å². The third kappa shape index (κ3) is 5.52. The Bertz CT molecular complexity index is 658. The van der Waals surface area contributed by atoms with Crippen molar-refractivity contribution in [2.24, 2.45) is 0 Å². The molecule has 2 N–H and O–H groups in total. The average molecular weight is 327 g/mol. The van der Waals surface area contributed by atoms with Crippen molar-refractivity contribution in [3.63, 3.8) is 0 Å². The molecular weight excluding hydrogens is 306 g/mol. The first-order chi connectivity index (χ1) is 11.6. The summed E-state index contributed by atoms with van der Waals surface area (Å²) in [5.41, 5.74) is 1.73. The zero-order chi connectivity index (χ0) is 17.4.